The van der Waals surface area contributed by atoms with Gasteiger partial charge in [-0.1, -0.05) is 401 Å². The van der Waals surface area contributed by atoms with Crippen molar-refractivity contribution in [3.05, 3.63) is 0 Å². The van der Waals surface area contributed by atoms with E-state index in [1.165, 1.54) is 276 Å². The van der Waals surface area contributed by atoms with E-state index in [2.05, 4.69) is 34.6 Å². The first-order chi connectivity index (χ1) is 50.0. The number of aliphatic hydroxyl groups is 1. The van der Waals surface area contributed by atoms with E-state index in [1.807, 2.05) is 0 Å². The van der Waals surface area contributed by atoms with Gasteiger partial charge < -0.3 is 33.8 Å². The van der Waals surface area contributed by atoms with Crippen molar-refractivity contribution in [1.29, 1.82) is 0 Å². The molecule has 0 amide bonds. The number of rotatable bonds is 84. The minimum Gasteiger partial charge on any atom is -0.462 e. The van der Waals surface area contributed by atoms with Gasteiger partial charge >= 0.3 is 39.5 Å². The van der Waals surface area contributed by atoms with Gasteiger partial charge in [-0.3, -0.25) is 37.3 Å². The van der Waals surface area contributed by atoms with E-state index in [0.29, 0.717) is 25.7 Å². The number of hydrogen-bond donors (Lipinski definition) is 3. The largest absolute Gasteiger partial charge is 0.472 e. The Morgan fingerprint density at radius 3 is 0.660 bits per heavy atom. The molecule has 0 heterocycles. The van der Waals surface area contributed by atoms with Crippen LogP contribution in [0.15, 0.2) is 0 Å². The Kier molecular flexibility index (Phi) is 75.4. The van der Waals surface area contributed by atoms with Crippen molar-refractivity contribution in [3.63, 3.8) is 0 Å². The summed E-state index contributed by atoms with van der Waals surface area (Å²) < 4.78 is 68.8. The van der Waals surface area contributed by atoms with Gasteiger partial charge in [0.2, 0.25) is 0 Å². The molecule has 0 spiro atoms. The molecule has 0 bridgehead atoms. The predicted molar refractivity (Wildman–Crippen MR) is 423 cm³/mol. The topological polar surface area (TPSA) is 237 Å². The lowest BCUT2D eigenvalue weighted by Gasteiger charge is -2.21. The summed E-state index contributed by atoms with van der Waals surface area (Å²) in [5.74, 6) is -1.30. The highest BCUT2D eigenvalue weighted by molar-refractivity contribution is 7.47. The fourth-order valence-electron chi connectivity index (χ4n) is 13.1. The molecule has 0 saturated carbocycles. The molecule has 0 rings (SSSR count). The molecule has 0 fully saturated rings. The molecule has 19 heteroatoms. The summed E-state index contributed by atoms with van der Waals surface area (Å²) in [7, 11) is -9.92. The molecule has 0 aromatic rings. The maximum absolute atomic E-state index is 13.1. The van der Waals surface area contributed by atoms with Crippen LogP contribution in [0.2, 0.25) is 0 Å². The molecule has 0 aliphatic heterocycles. The second-order valence-corrected chi connectivity index (χ2v) is 33.6. The standard InChI is InChI=1S/C84H164O17P2/c1-6-9-12-15-18-21-24-27-28-29-30-31-32-33-34-40-45-50-55-60-65-70-84(89)101-80(74-95-82(87)68-63-58-53-48-43-39-36-35-38-41-46-51-56-61-66-77(4)5)76-99-103(92,93)97-72-78(85)71-96-102(90,91)98-75-79(73-94-81(86)67-62-57-52-47-42-26-23-20-17-14-11-8-3)100-83(88)69-64-59-54-49-44-37-25-22-19-16-13-10-7-2/h77-80,85H,6-76H2,1-5H3,(H,90,91)(H,92,93)/t78-,79+,80+/m0/s1. The van der Waals surface area contributed by atoms with Crippen LogP contribution >= 0.6 is 15.6 Å². The van der Waals surface area contributed by atoms with Crippen LogP contribution < -0.4 is 0 Å². The molecule has 3 N–H and O–H groups in total. The molecule has 17 nitrogen and oxygen atoms in total. The molecule has 0 aromatic heterocycles. The van der Waals surface area contributed by atoms with Crippen LogP contribution in [0.4, 0.5) is 0 Å². The van der Waals surface area contributed by atoms with E-state index in [0.717, 1.165) is 95.8 Å². The molecule has 0 aliphatic rings. The van der Waals surface area contributed by atoms with E-state index < -0.39 is 97.5 Å². The summed E-state index contributed by atoms with van der Waals surface area (Å²) in [6, 6.07) is 0. The molecule has 5 atom stereocenters. The van der Waals surface area contributed by atoms with Crippen LogP contribution in [0, 0.1) is 5.92 Å². The highest BCUT2D eigenvalue weighted by Gasteiger charge is 2.30. The third-order valence-electron chi connectivity index (χ3n) is 19.8. The Labute approximate surface area is 632 Å². The number of hydrogen-bond acceptors (Lipinski definition) is 15. The van der Waals surface area contributed by atoms with Crippen LogP contribution in [0.5, 0.6) is 0 Å². The summed E-state index contributed by atoms with van der Waals surface area (Å²) in [4.78, 5) is 73.1. The average Bonchev–Trinajstić information content (AvgIpc) is 0.929. The third kappa shape index (κ3) is 78.0. The summed E-state index contributed by atoms with van der Waals surface area (Å²) in [5, 5.41) is 10.7. The quantitative estimate of drug-likeness (QED) is 0.0222. The second-order valence-electron chi connectivity index (χ2n) is 30.7. The van der Waals surface area contributed by atoms with Crippen molar-refractivity contribution < 1.29 is 80.2 Å². The second kappa shape index (κ2) is 76.8. The number of phosphoric acid groups is 2. The monoisotopic (exact) mass is 1510 g/mol. The van der Waals surface area contributed by atoms with Gasteiger partial charge in [-0.05, 0) is 31.6 Å². The minimum absolute atomic E-state index is 0.108. The van der Waals surface area contributed by atoms with Gasteiger partial charge in [0.15, 0.2) is 12.2 Å². The number of phosphoric ester groups is 2. The number of carbonyl (C=O) groups excluding carboxylic acids is 4. The van der Waals surface area contributed by atoms with Crippen molar-refractivity contribution in [2.75, 3.05) is 39.6 Å². The predicted octanol–water partition coefficient (Wildman–Crippen LogP) is 25.6. The summed E-state index contributed by atoms with van der Waals surface area (Å²) >= 11 is 0. The zero-order chi connectivity index (χ0) is 75.5. The Hall–Kier alpha value is -1.94. The SMILES string of the molecule is CCCCCCCCCCCCCCCCCCCCCCCC(=O)O[C@H](COC(=O)CCCCCCCCCCCCCCCCC(C)C)COP(=O)(O)OC[C@@H](O)COP(=O)(O)OC[C@@H](COC(=O)CCCCCCCCCCCCCC)OC(=O)CCCCCCCCCCCCCCC. The summed E-state index contributed by atoms with van der Waals surface area (Å²) in [6.45, 7) is 7.38. The van der Waals surface area contributed by atoms with Gasteiger partial charge in [-0.15, -0.1) is 0 Å². The zero-order valence-electron chi connectivity index (χ0n) is 67.5. The number of carbonyl (C=O) groups is 4. The van der Waals surface area contributed by atoms with Gasteiger partial charge in [-0.2, -0.15) is 0 Å². The Balaban J connectivity index is 5.23. The Morgan fingerprint density at radius 1 is 0.262 bits per heavy atom. The van der Waals surface area contributed by atoms with Crippen molar-refractivity contribution in [2.24, 2.45) is 5.92 Å². The zero-order valence-corrected chi connectivity index (χ0v) is 69.3. The minimum atomic E-state index is -4.96. The first-order valence-electron chi connectivity index (χ1n) is 43.6. The molecule has 2 unspecified atom stereocenters. The van der Waals surface area contributed by atoms with Crippen molar-refractivity contribution in [1.82, 2.24) is 0 Å². The van der Waals surface area contributed by atoms with Crippen LogP contribution in [0.25, 0.3) is 0 Å². The Bertz CT molecular complexity index is 1960. The van der Waals surface area contributed by atoms with E-state index in [-0.39, 0.29) is 25.7 Å². The van der Waals surface area contributed by atoms with Gasteiger partial charge in [0, 0.05) is 25.7 Å². The maximum atomic E-state index is 13.1. The molecular formula is C84H164O17P2. The Morgan fingerprint density at radius 2 is 0.447 bits per heavy atom. The van der Waals surface area contributed by atoms with Gasteiger partial charge in [0.05, 0.1) is 26.4 Å². The number of ether oxygens (including phenoxy) is 4. The molecule has 0 aromatic carbocycles. The first kappa shape index (κ1) is 101. The van der Waals surface area contributed by atoms with Crippen LogP contribution in [0.3, 0.4) is 0 Å². The van der Waals surface area contributed by atoms with Crippen molar-refractivity contribution in [3.8, 4) is 0 Å². The number of unbranched alkanes of at least 4 members (excludes halogenated alkanes) is 56. The number of aliphatic hydroxyl groups excluding tert-OH is 1. The highest BCUT2D eigenvalue weighted by Crippen LogP contribution is 2.45. The van der Waals surface area contributed by atoms with Crippen LogP contribution in [-0.2, 0) is 65.4 Å². The molecule has 103 heavy (non-hydrogen) atoms. The van der Waals surface area contributed by atoms with E-state index in [4.69, 9.17) is 37.0 Å². The normalized spacial score (nSPS) is 13.8. The molecule has 612 valence electrons. The molecule has 0 aliphatic carbocycles. The van der Waals surface area contributed by atoms with Gasteiger partial charge in [0.25, 0.3) is 0 Å². The summed E-state index contributed by atoms with van der Waals surface area (Å²) in [5.41, 5.74) is 0. The fourth-order valence-corrected chi connectivity index (χ4v) is 14.7. The molecule has 0 saturated heterocycles. The van der Waals surface area contributed by atoms with Gasteiger partial charge in [-0.25, -0.2) is 9.13 Å². The fraction of sp³-hybridized carbons (Fsp3) is 0.952. The van der Waals surface area contributed by atoms with Crippen LogP contribution in [0.1, 0.15) is 452 Å². The first-order valence-corrected chi connectivity index (χ1v) is 46.6. The van der Waals surface area contributed by atoms with E-state index in [9.17, 15) is 43.2 Å². The van der Waals surface area contributed by atoms with Gasteiger partial charge in [0.1, 0.15) is 19.3 Å². The smallest absolute Gasteiger partial charge is 0.462 e. The van der Waals surface area contributed by atoms with Crippen LogP contribution in [-0.4, -0.2) is 96.7 Å². The highest BCUT2D eigenvalue weighted by atomic mass is 31.2. The number of esters is 4. The third-order valence-corrected chi connectivity index (χ3v) is 21.7. The lowest BCUT2D eigenvalue weighted by Crippen LogP contribution is -2.30. The molecular weight excluding hydrogens is 1340 g/mol. The average molecular weight is 1510 g/mol. The molecule has 0 radical (unpaired) electrons. The lowest BCUT2D eigenvalue weighted by atomic mass is 10.0. The summed E-state index contributed by atoms with van der Waals surface area (Å²) in [6.07, 6.45) is 69.3. The van der Waals surface area contributed by atoms with E-state index in [1.54, 1.807) is 0 Å². The maximum Gasteiger partial charge on any atom is 0.472 e. The van der Waals surface area contributed by atoms with Crippen molar-refractivity contribution in [2.45, 2.75) is 470 Å². The lowest BCUT2D eigenvalue weighted by molar-refractivity contribution is -0.161. The van der Waals surface area contributed by atoms with Crippen molar-refractivity contribution >= 4 is 39.5 Å². The van der Waals surface area contributed by atoms with E-state index >= 15 is 0 Å².